The molecule has 0 amide bonds. The number of hydrogen-bond acceptors (Lipinski definition) is 3. The lowest BCUT2D eigenvalue weighted by atomic mass is 10.1. The van der Waals surface area contributed by atoms with Gasteiger partial charge in [0.2, 0.25) is 0 Å². The van der Waals surface area contributed by atoms with Crippen LogP contribution in [-0.4, -0.2) is 28.8 Å². The van der Waals surface area contributed by atoms with Crippen molar-refractivity contribution in [2.45, 2.75) is 26.8 Å². The van der Waals surface area contributed by atoms with Gasteiger partial charge in [-0.15, -0.1) is 0 Å². The smallest absolute Gasteiger partial charge is 0.0918 e. The molecule has 0 aromatic carbocycles. The quantitative estimate of drug-likeness (QED) is 0.590. The minimum Gasteiger partial charge on any atom is -0.388 e. The first kappa shape index (κ1) is 14.9. The van der Waals surface area contributed by atoms with E-state index in [0.717, 1.165) is 25.2 Å². The molecule has 1 aromatic rings. The number of rotatable bonds is 7. The molecule has 0 aliphatic rings. The molecule has 5 heteroatoms. The molecule has 0 aliphatic heterocycles. The fourth-order valence-electron chi connectivity index (χ4n) is 1.80. The van der Waals surface area contributed by atoms with Crippen molar-refractivity contribution in [2.75, 3.05) is 13.1 Å². The highest BCUT2D eigenvalue weighted by molar-refractivity contribution is 6.31. The Morgan fingerprint density at radius 2 is 2.28 bits per heavy atom. The van der Waals surface area contributed by atoms with Crippen molar-refractivity contribution in [1.29, 1.82) is 5.41 Å². The number of nitrogens with one attached hydrogen (secondary N) is 1. The van der Waals surface area contributed by atoms with Crippen molar-refractivity contribution in [1.82, 2.24) is 9.88 Å². The summed E-state index contributed by atoms with van der Waals surface area (Å²) in [6, 6.07) is 1.93. The standard InChI is InChI=1S/C13H21ClN4/c1-10(2)8-18(6-4-13(15)16)9-11-3-5-17-7-12(11)14/h3,5,7,10H,4,6,8-9H2,1-2H3,(H3,15,16). The van der Waals surface area contributed by atoms with Crippen LogP contribution >= 0.6 is 11.6 Å². The topological polar surface area (TPSA) is 66.0 Å². The molecule has 1 heterocycles. The van der Waals surface area contributed by atoms with Gasteiger partial charge in [-0.3, -0.25) is 15.3 Å². The van der Waals surface area contributed by atoms with E-state index in [0.29, 0.717) is 17.4 Å². The van der Waals surface area contributed by atoms with Crippen LogP contribution in [0.15, 0.2) is 18.5 Å². The van der Waals surface area contributed by atoms with E-state index in [-0.39, 0.29) is 5.84 Å². The number of aromatic nitrogens is 1. The van der Waals surface area contributed by atoms with Gasteiger partial charge in [-0.2, -0.15) is 0 Å². The Morgan fingerprint density at radius 1 is 1.56 bits per heavy atom. The van der Waals surface area contributed by atoms with Crippen molar-refractivity contribution in [3.05, 3.63) is 29.0 Å². The Balaban J connectivity index is 2.65. The van der Waals surface area contributed by atoms with Crippen molar-refractivity contribution < 1.29 is 0 Å². The van der Waals surface area contributed by atoms with Gasteiger partial charge in [0.05, 0.1) is 10.9 Å². The largest absolute Gasteiger partial charge is 0.388 e. The van der Waals surface area contributed by atoms with Crippen molar-refractivity contribution in [2.24, 2.45) is 11.7 Å². The Labute approximate surface area is 114 Å². The number of hydrogen-bond donors (Lipinski definition) is 2. The van der Waals surface area contributed by atoms with Crippen molar-refractivity contribution in [3.63, 3.8) is 0 Å². The van der Waals surface area contributed by atoms with E-state index in [9.17, 15) is 0 Å². The number of nitrogens with two attached hydrogens (primary N) is 1. The highest BCUT2D eigenvalue weighted by atomic mass is 35.5. The molecular formula is C13H21ClN4. The summed E-state index contributed by atoms with van der Waals surface area (Å²) >= 11 is 6.11. The summed E-state index contributed by atoms with van der Waals surface area (Å²) in [4.78, 5) is 6.25. The first-order valence-corrected chi connectivity index (χ1v) is 6.50. The maximum atomic E-state index is 7.31. The van der Waals surface area contributed by atoms with Crippen LogP contribution in [0.3, 0.4) is 0 Å². The molecule has 3 N–H and O–H groups in total. The van der Waals surface area contributed by atoms with Crippen molar-refractivity contribution in [3.8, 4) is 0 Å². The predicted molar refractivity (Wildman–Crippen MR) is 75.9 cm³/mol. The van der Waals surface area contributed by atoms with Crippen LogP contribution in [0, 0.1) is 11.3 Å². The molecule has 0 saturated carbocycles. The van der Waals surface area contributed by atoms with E-state index < -0.39 is 0 Å². The van der Waals surface area contributed by atoms with Gasteiger partial charge in [-0.05, 0) is 17.5 Å². The summed E-state index contributed by atoms with van der Waals surface area (Å²) in [5, 5.41) is 8.00. The van der Waals surface area contributed by atoms with Gasteiger partial charge < -0.3 is 5.73 Å². The molecule has 1 aromatic heterocycles. The second-order valence-electron chi connectivity index (χ2n) is 4.87. The second kappa shape index (κ2) is 7.34. The molecule has 0 radical (unpaired) electrons. The normalized spacial score (nSPS) is 11.2. The van der Waals surface area contributed by atoms with Gasteiger partial charge in [0.25, 0.3) is 0 Å². The minimum absolute atomic E-state index is 0.226. The molecule has 0 unspecified atom stereocenters. The molecule has 0 aliphatic carbocycles. The number of halogens is 1. The second-order valence-corrected chi connectivity index (χ2v) is 5.28. The van der Waals surface area contributed by atoms with Gasteiger partial charge >= 0.3 is 0 Å². The average molecular weight is 269 g/mol. The minimum atomic E-state index is 0.226. The fourth-order valence-corrected chi connectivity index (χ4v) is 1.98. The lowest BCUT2D eigenvalue weighted by Gasteiger charge is -2.24. The summed E-state index contributed by atoms with van der Waals surface area (Å²) in [5.74, 6) is 0.794. The first-order chi connectivity index (χ1) is 8.49. The molecule has 0 saturated heterocycles. The van der Waals surface area contributed by atoms with Gasteiger partial charge in [0.1, 0.15) is 0 Å². The monoisotopic (exact) mass is 268 g/mol. The van der Waals surface area contributed by atoms with Crippen LogP contribution in [0.2, 0.25) is 5.02 Å². The molecule has 0 bridgehead atoms. The lowest BCUT2D eigenvalue weighted by Crippen LogP contribution is -2.31. The number of pyridine rings is 1. The fraction of sp³-hybridized carbons (Fsp3) is 0.538. The van der Waals surface area contributed by atoms with Crippen LogP contribution in [0.1, 0.15) is 25.8 Å². The first-order valence-electron chi connectivity index (χ1n) is 6.12. The summed E-state index contributed by atoms with van der Waals surface area (Å²) in [6.45, 7) is 6.87. The maximum Gasteiger partial charge on any atom is 0.0918 e. The number of nitrogens with zero attached hydrogens (tertiary/aromatic N) is 2. The van der Waals surface area contributed by atoms with Gasteiger partial charge in [-0.25, -0.2) is 0 Å². The Bertz CT molecular complexity index is 392. The van der Waals surface area contributed by atoms with Gasteiger partial charge in [0, 0.05) is 38.4 Å². The number of amidine groups is 1. The van der Waals surface area contributed by atoms with E-state index in [2.05, 4.69) is 23.7 Å². The molecule has 0 spiro atoms. The summed E-state index contributed by atoms with van der Waals surface area (Å²) in [6.07, 6.45) is 4.00. The lowest BCUT2D eigenvalue weighted by molar-refractivity contribution is 0.242. The van der Waals surface area contributed by atoms with Crippen molar-refractivity contribution >= 4 is 17.4 Å². The third kappa shape index (κ3) is 5.47. The molecule has 0 atom stereocenters. The van der Waals surface area contributed by atoms with Crippen LogP contribution in [0.25, 0.3) is 0 Å². The Morgan fingerprint density at radius 3 is 2.83 bits per heavy atom. The van der Waals surface area contributed by atoms with E-state index in [1.165, 1.54) is 0 Å². The molecular weight excluding hydrogens is 248 g/mol. The van der Waals surface area contributed by atoms with E-state index in [1.54, 1.807) is 12.4 Å². The van der Waals surface area contributed by atoms with Gasteiger partial charge in [-0.1, -0.05) is 25.4 Å². The third-order valence-corrected chi connectivity index (χ3v) is 2.91. The molecule has 1 rings (SSSR count). The van der Waals surface area contributed by atoms with Crippen LogP contribution in [0.4, 0.5) is 0 Å². The van der Waals surface area contributed by atoms with Crippen LogP contribution in [0.5, 0.6) is 0 Å². The SMILES string of the molecule is CC(C)CN(CCC(=N)N)Cc1ccncc1Cl. The van der Waals surface area contributed by atoms with E-state index in [4.69, 9.17) is 22.7 Å². The summed E-state index contributed by atoms with van der Waals surface area (Å²) in [7, 11) is 0. The zero-order valence-corrected chi connectivity index (χ0v) is 11.7. The summed E-state index contributed by atoms with van der Waals surface area (Å²) < 4.78 is 0. The summed E-state index contributed by atoms with van der Waals surface area (Å²) in [5.41, 5.74) is 6.48. The Hall–Kier alpha value is -1.13. The zero-order chi connectivity index (χ0) is 13.5. The molecule has 100 valence electrons. The maximum absolute atomic E-state index is 7.31. The van der Waals surface area contributed by atoms with E-state index in [1.807, 2.05) is 6.07 Å². The molecule has 4 nitrogen and oxygen atoms in total. The third-order valence-electron chi connectivity index (χ3n) is 2.57. The molecule has 0 fully saturated rings. The average Bonchev–Trinajstić information content (AvgIpc) is 2.28. The predicted octanol–water partition coefficient (Wildman–Crippen LogP) is 2.52. The van der Waals surface area contributed by atoms with Gasteiger partial charge in [0.15, 0.2) is 0 Å². The highest BCUT2D eigenvalue weighted by Gasteiger charge is 2.10. The highest BCUT2D eigenvalue weighted by Crippen LogP contribution is 2.16. The van der Waals surface area contributed by atoms with Crippen LogP contribution in [-0.2, 0) is 6.54 Å². The Kier molecular flexibility index (Phi) is 6.09. The molecule has 18 heavy (non-hydrogen) atoms. The van der Waals surface area contributed by atoms with E-state index >= 15 is 0 Å². The van der Waals surface area contributed by atoms with Crippen LogP contribution < -0.4 is 5.73 Å². The zero-order valence-electron chi connectivity index (χ0n) is 11.0.